The molecule has 0 aliphatic carbocycles. The fourth-order valence-electron chi connectivity index (χ4n) is 1.77. The summed E-state index contributed by atoms with van der Waals surface area (Å²) in [5.74, 6) is 1.33. The predicted molar refractivity (Wildman–Crippen MR) is 78.1 cm³/mol. The lowest BCUT2D eigenvalue weighted by molar-refractivity contribution is -0.136. The average Bonchev–Trinajstić information content (AvgIpc) is 2.39. The Morgan fingerprint density at radius 2 is 2.05 bits per heavy atom. The molecule has 0 spiro atoms. The lowest BCUT2D eigenvalue weighted by Gasteiger charge is -2.20. The van der Waals surface area contributed by atoms with Crippen LogP contribution in [0.25, 0.3) is 0 Å². The first-order valence-electron chi connectivity index (χ1n) is 6.04. The van der Waals surface area contributed by atoms with E-state index in [9.17, 15) is 4.79 Å². The number of halogens is 1. The summed E-state index contributed by atoms with van der Waals surface area (Å²) >= 11 is 4.91. The third-order valence-electron chi connectivity index (χ3n) is 2.80. The first-order chi connectivity index (χ1) is 9.11. The van der Waals surface area contributed by atoms with Gasteiger partial charge in [-0.1, -0.05) is 22.9 Å². The van der Waals surface area contributed by atoms with Crippen LogP contribution >= 0.6 is 27.7 Å². The Bertz CT molecular complexity index is 478. The SMILES string of the molecule is CCC(SCc1cc2c(cc1Br)OCCO2)C(=O)O. The number of carbonyl (C=O) groups is 1. The number of ether oxygens (including phenoxy) is 2. The van der Waals surface area contributed by atoms with Crippen molar-refractivity contribution in [1.29, 1.82) is 0 Å². The standard InChI is InChI=1S/C13H15BrO4S/c1-2-12(13(15)16)19-7-8-5-10-11(6-9(8)14)18-4-3-17-10/h5-6,12H,2-4,7H2,1H3,(H,15,16). The molecule has 1 aliphatic heterocycles. The van der Waals surface area contributed by atoms with Crippen LogP contribution in [0.3, 0.4) is 0 Å². The van der Waals surface area contributed by atoms with Gasteiger partial charge in [-0.15, -0.1) is 11.8 Å². The molecule has 2 rings (SSSR count). The van der Waals surface area contributed by atoms with E-state index in [1.807, 2.05) is 19.1 Å². The van der Waals surface area contributed by atoms with Gasteiger partial charge in [0.05, 0.1) is 0 Å². The topological polar surface area (TPSA) is 55.8 Å². The Morgan fingerprint density at radius 3 is 2.63 bits per heavy atom. The van der Waals surface area contributed by atoms with Gasteiger partial charge in [0.25, 0.3) is 0 Å². The Balaban J connectivity index is 2.10. The van der Waals surface area contributed by atoms with E-state index in [1.54, 1.807) is 0 Å². The van der Waals surface area contributed by atoms with Gasteiger partial charge in [0.15, 0.2) is 11.5 Å². The summed E-state index contributed by atoms with van der Waals surface area (Å²) in [5.41, 5.74) is 1.02. The largest absolute Gasteiger partial charge is 0.486 e. The predicted octanol–water partition coefficient (Wildman–Crippen LogP) is 3.32. The zero-order chi connectivity index (χ0) is 13.8. The highest BCUT2D eigenvalue weighted by atomic mass is 79.9. The molecule has 1 N–H and O–H groups in total. The number of rotatable bonds is 5. The average molecular weight is 347 g/mol. The maximum absolute atomic E-state index is 11.0. The highest BCUT2D eigenvalue weighted by molar-refractivity contribution is 9.10. The lowest BCUT2D eigenvalue weighted by atomic mass is 10.2. The highest BCUT2D eigenvalue weighted by Gasteiger charge is 2.18. The molecule has 0 amide bonds. The van der Waals surface area contributed by atoms with Crippen LogP contribution in [0, 0.1) is 0 Å². The van der Waals surface area contributed by atoms with Crippen molar-refractivity contribution in [3.8, 4) is 11.5 Å². The van der Waals surface area contributed by atoms with E-state index in [0.717, 1.165) is 21.5 Å². The maximum atomic E-state index is 11.0. The molecule has 0 fully saturated rings. The van der Waals surface area contributed by atoms with Gasteiger partial charge in [-0.2, -0.15) is 0 Å². The Kier molecular flexibility index (Phi) is 4.99. The number of carboxylic acids is 1. The third-order valence-corrected chi connectivity index (χ3v) is 4.95. The second-order valence-corrected chi connectivity index (χ2v) is 6.18. The molecular formula is C13H15BrO4S. The Labute approximate surface area is 124 Å². The number of benzene rings is 1. The van der Waals surface area contributed by atoms with E-state index in [1.165, 1.54) is 11.8 Å². The van der Waals surface area contributed by atoms with Gasteiger partial charge >= 0.3 is 5.97 Å². The molecule has 1 aromatic carbocycles. The normalized spacial score (nSPS) is 15.1. The smallest absolute Gasteiger partial charge is 0.316 e. The molecule has 104 valence electrons. The molecule has 1 atom stereocenters. The fourth-order valence-corrected chi connectivity index (χ4v) is 3.42. The zero-order valence-electron chi connectivity index (χ0n) is 10.5. The van der Waals surface area contributed by atoms with Crippen LogP contribution in [0.15, 0.2) is 16.6 Å². The summed E-state index contributed by atoms with van der Waals surface area (Å²) < 4.78 is 11.9. The minimum atomic E-state index is -0.763. The minimum absolute atomic E-state index is 0.375. The van der Waals surface area contributed by atoms with Crippen molar-refractivity contribution in [2.24, 2.45) is 0 Å². The van der Waals surface area contributed by atoms with E-state index in [-0.39, 0.29) is 5.25 Å². The van der Waals surface area contributed by atoms with Gasteiger partial charge in [-0.25, -0.2) is 0 Å². The van der Waals surface area contributed by atoms with Crippen LogP contribution < -0.4 is 9.47 Å². The van der Waals surface area contributed by atoms with Crippen molar-refractivity contribution in [2.45, 2.75) is 24.3 Å². The van der Waals surface area contributed by atoms with Crippen molar-refractivity contribution in [1.82, 2.24) is 0 Å². The Hall–Kier alpha value is -0.880. The second-order valence-electron chi connectivity index (χ2n) is 4.13. The number of fused-ring (bicyclic) bond motifs is 1. The summed E-state index contributed by atoms with van der Waals surface area (Å²) in [5, 5.41) is 8.66. The molecule has 19 heavy (non-hydrogen) atoms. The van der Waals surface area contributed by atoms with Crippen LogP contribution in [-0.4, -0.2) is 29.5 Å². The molecule has 0 saturated carbocycles. The number of hydrogen-bond donors (Lipinski definition) is 1. The van der Waals surface area contributed by atoms with E-state index in [0.29, 0.717) is 25.4 Å². The fraction of sp³-hybridized carbons (Fsp3) is 0.462. The summed E-state index contributed by atoms with van der Waals surface area (Å²) in [7, 11) is 0. The monoisotopic (exact) mass is 346 g/mol. The molecule has 1 aromatic rings. The van der Waals surface area contributed by atoms with Crippen molar-refractivity contribution in [3.05, 3.63) is 22.2 Å². The first kappa shape index (κ1) is 14.5. The maximum Gasteiger partial charge on any atom is 0.316 e. The van der Waals surface area contributed by atoms with E-state index in [4.69, 9.17) is 14.6 Å². The lowest BCUT2D eigenvalue weighted by Crippen LogP contribution is -2.16. The van der Waals surface area contributed by atoms with E-state index < -0.39 is 5.97 Å². The molecule has 0 aromatic heterocycles. The van der Waals surface area contributed by atoms with Gasteiger partial charge in [0.2, 0.25) is 0 Å². The van der Waals surface area contributed by atoms with Crippen molar-refractivity contribution >= 4 is 33.7 Å². The third kappa shape index (κ3) is 3.57. The van der Waals surface area contributed by atoms with Crippen LogP contribution in [0.2, 0.25) is 0 Å². The molecule has 6 heteroatoms. The van der Waals surface area contributed by atoms with Gasteiger partial charge in [-0.05, 0) is 24.1 Å². The van der Waals surface area contributed by atoms with Gasteiger partial charge in [-0.3, -0.25) is 4.79 Å². The minimum Gasteiger partial charge on any atom is -0.486 e. The highest BCUT2D eigenvalue weighted by Crippen LogP contribution is 2.37. The first-order valence-corrected chi connectivity index (χ1v) is 7.88. The van der Waals surface area contributed by atoms with Crippen LogP contribution in [0.1, 0.15) is 18.9 Å². The second kappa shape index (κ2) is 6.52. The molecule has 0 bridgehead atoms. The molecule has 0 saturated heterocycles. The molecule has 1 aliphatic rings. The molecule has 4 nitrogen and oxygen atoms in total. The van der Waals surface area contributed by atoms with Crippen LogP contribution in [0.4, 0.5) is 0 Å². The molecule has 1 heterocycles. The molecular weight excluding hydrogens is 332 g/mol. The molecule has 0 radical (unpaired) electrons. The summed E-state index contributed by atoms with van der Waals surface area (Å²) in [4.78, 5) is 11.0. The number of carboxylic acid groups (broad SMARTS) is 1. The van der Waals surface area contributed by atoms with Crippen molar-refractivity contribution < 1.29 is 19.4 Å². The van der Waals surface area contributed by atoms with Crippen LogP contribution in [0.5, 0.6) is 11.5 Å². The summed E-state index contributed by atoms with van der Waals surface area (Å²) in [6, 6.07) is 3.80. The van der Waals surface area contributed by atoms with Crippen molar-refractivity contribution in [2.75, 3.05) is 13.2 Å². The van der Waals surface area contributed by atoms with Gasteiger partial charge in [0.1, 0.15) is 18.5 Å². The number of thioether (sulfide) groups is 1. The van der Waals surface area contributed by atoms with E-state index >= 15 is 0 Å². The zero-order valence-corrected chi connectivity index (χ0v) is 12.9. The van der Waals surface area contributed by atoms with Gasteiger partial charge in [0, 0.05) is 10.2 Å². The summed E-state index contributed by atoms with van der Waals surface area (Å²) in [6.45, 7) is 2.99. The van der Waals surface area contributed by atoms with Gasteiger partial charge < -0.3 is 14.6 Å². The number of hydrogen-bond acceptors (Lipinski definition) is 4. The Morgan fingerprint density at radius 1 is 1.42 bits per heavy atom. The number of aliphatic carboxylic acids is 1. The van der Waals surface area contributed by atoms with Crippen molar-refractivity contribution in [3.63, 3.8) is 0 Å². The summed E-state index contributed by atoms with van der Waals surface area (Å²) in [6.07, 6.45) is 0.613. The quantitative estimate of drug-likeness (QED) is 0.886. The van der Waals surface area contributed by atoms with Crippen LogP contribution in [-0.2, 0) is 10.5 Å². The van der Waals surface area contributed by atoms with E-state index in [2.05, 4.69) is 15.9 Å². The molecule has 1 unspecified atom stereocenters.